The highest BCUT2D eigenvalue weighted by atomic mass is 32.2. The molecule has 0 aliphatic heterocycles. The summed E-state index contributed by atoms with van der Waals surface area (Å²) < 4.78 is 44.7. The van der Waals surface area contributed by atoms with Crippen molar-refractivity contribution in [1.29, 1.82) is 0 Å². The lowest BCUT2D eigenvalue weighted by molar-refractivity contribution is 0.399. The molecule has 0 fully saturated rings. The SMILES string of the molecule is CCC(C)C(CC(C(C)CC)S(=O)[O-])S(=O)[O-]. The van der Waals surface area contributed by atoms with Gasteiger partial charge in [0.05, 0.1) is 0 Å². The van der Waals surface area contributed by atoms with Crippen molar-refractivity contribution in [3.63, 3.8) is 0 Å². The van der Waals surface area contributed by atoms with Gasteiger partial charge in [-0.3, -0.25) is 8.42 Å². The van der Waals surface area contributed by atoms with E-state index in [1.54, 1.807) is 0 Å². The van der Waals surface area contributed by atoms with Gasteiger partial charge >= 0.3 is 0 Å². The van der Waals surface area contributed by atoms with E-state index in [1.165, 1.54) is 0 Å². The average Bonchev–Trinajstić information content (AvgIpc) is 2.27. The summed E-state index contributed by atoms with van der Waals surface area (Å²) >= 11 is -4.42. The lowest BCUT2D eigenvalue weighted by Gasteiger charge is -2.33. The molecular formula is C11H22O4S2-2. The Balaban J connectivity index is 4.80. The van der Waals surface area contributed by atoms with Gasteiger partial charge < -0.3 is 9.11 Å². The summed E-state index contributed by atoms with van der Waals surface area (Å²) in [5.74, 6) is -0.0214. The van der Waals surface area contributed by atoms with Crippen molar-refractivity contribution < 1.29 is 17.5 Å². The molecule has 0 saturated heterocycles. The molecule has 0 aromatic heterocycles. The Morgan fingerprint density at radius 2 is 1.18 bits per heavy atom. The summed E-state index contributed by atoms with van der Waals surface area (Å²) in [5, 5.41) is -1.14. The van der Waals surface area contributed by atoms with E-state index in [-0.39, 0.29) is 18.3 Å². The van der Waals surface area contributed by atoms with E-state index < -0.39 is 32.7 Å². The molecule has 0 rings (SSSR count). The summed E-state index contributed by atoms with van der Waals surface area (Å²) in [6, 6.07) is 0. The minimum atomic E-state index is -2.21. The fourth-order valence-corrected chi connectivity index (χ4v) is 3.75. The Bertz CT molecular complexity index is 244. The number of hydrogen-bond donors (Lipinski definition) is 0. The minimum absolute atomic E-state index is 0.0107. The summed E-state index contributed by atoms with van der Waals surface area (Å²) in [4.78, 5) is 0. The van der Waals surface area contributed by atoms with Crippen LogP contribution in [0, 0.1) is 11.8 Å². The number of hydrogen-bond acceptors (Lipinski definition) is 4. The minimum Gasteiger partial charge on any atom is -0.772 e. The fourth-order valence-electron chi connectivity index (χ4n) is 1.76. The molecule has 17 heavy (non-hydrogen) atoms. The molecule has 0 aromatic carbocycles. The maximum Gasteiger partial charge on any atom is 0.0252 e. The van der Waals surface area contributed by atoms with Crippen molar-refractivity contribution in [2.75, 3.05) is 0 Å². The first-order chi connectivity index (χ1) is 7.84. The van der Waals surface area contributed by atoms with Crippen molar-refractivity contribution in [3.05, 3.63) is 0 Å². The third-order valence-corrected chi connectivity index (χ3v) is 5.82. The third-order valence-electron chi connectivity index (χ3n) is 3.52. The van der Waals surface area contributed by atoms with Gasteiger partial charge in [-0.05, 0) is 18.3 Å². The fraction of sp³-hybridized carbons (Fsp3) is 1.00. The van der Waals surface area contributed by atoms with Crippen molar-refractivity contribution in [2.45, 2.75) is 57.5 Å². The van der Waals surface area contributed by atoms with Crippen molar-refractivity contribution >= 4 is 22.2 Å². The molecule has 0 aromatic rings. The van der Waals surface area contributed by atoms with Crippen LogP contribution in [-0.4, -0.2) is 28.0 Å². The second-order valence-corrected chi connectivity index (χ2v) is 6.86. The molecule has 0 aliphatic carbocycles. The highest BCUT2D eigenvalue weighted by Crippen LogP contribution is 2.25. The van der Waals surface area contributed by atoms with Crippen LogP contribution in [0.5, 0.6) is 0 Å². The first kappa shape index (κ1) is 17.2. The maximum absolute atomic E-state index is 11.2. The first-order valence-corrected chi connectivity index (χ1v) is 8.28. The van der Waals surface area contributed by atoms with Gasteiger partial charge in [0, 0.05) is 10.5 Å². The Kier molecular flexibility index (Phi) is 8.45. The van der Waals surface area contributed by atoms with E-state index in [2.05, 4.69) is 0 Å². The Morgan fingerprint density at radius 3 is 1.35 bits per heavy atom. The summed E-state index contributed by atoms with van der Waals surface area (Å²) in [6.07, 6.45) is 1.67. The molecule has 6 unspecified atom stereocenters. The van der Waals surface area contributed by atoms with Gasteiger partial charge in [-0.2, -0.15) is 0 Å². The monoisotopic (exact) mass is 282 g/mol. The predicted molar refractivity (Wildman–Crippen MR) is 68.9 cm³/mol. The highest BCUT2D eigenvalue weighted by Gasteiger charge is 2.25. The molecule has 0 amide bonds. The summed E-state index contributed by atoms with van der Waals surface area (Å²) in [7, 11) is 0. The molecule has 4 nitrogen and oxygen atoms in total. The largest absolute Gasteiger partial charge is 0.772 e. The Hall–Kier alpha value is 0.220. The van der Waals surface area contributed by atoms with Crippen molar-refractivity contribution in [3.8, 4) is 0 Å². The van der Waals surface area contributed by atoms with Crippen LogP contribution in [0.3, 0.4) is 0 Å². The average molecular weight is 282 g/mol. The van der Waals surface area contributed by atoms with E-state index in [4.69, 9.17) is 0 Å². The van der Waals surface area contributed by atoms with Gasteiger partial charge in [0.25, 0.3) is 0 Å². The molecule has 104 valence electrons. The maximum atomic E-state index is 11.2. The number of rotatable bonds is 8. The molecule has 0 radical (unpaired) electrons. The highest BCUT2D eigenvalue weighted by molar-refractivity contribution is 7.80. The lowest BCUT2D eigenvalue weighted by Crippen LogP contribution is -2.33. The molecule has 0 N–H and O–H groups in total. The molecule has 0 bridgehead atoms. The molecule has 0 aliphatic rings. The van der Waals surface area contributed by atoms with Crippen LogP contribution in [0.1, 0.15) is 47.0 Å². The quantitative estimate of drug-likeness (QED) is 0.637. The summed E-state index contributed by atoms with van der Waals surface area (Å²) in [5.41, 5.74) is 0. The van der Waals surface area contributed by atoms with Gasteiger partial charge in [-0.15, -0.1) is 0 Å². The Morgan fingerprint density at radius 1 is 0.882 bits per heavy atom. The van der Waals surface area contributed by atoms with Crippen LogP contribution < -0.4 is 0 Å². The zero-order valence-electron chi connectivity index (χ0n) is 10.9. The van der Waals surface area contributed by atoms with Gasteiger partial charge in [0.2, 0.25) is 0 Å². The van der Waals surface area contributed by atoms with Gasteiger partial charge in [0.15, 0.2) is 0 Å². The third kappa shape index (κ3) is 5.59. The zero-order chi connectivity index (χ0) is 13.6. The second kappa shape index (κ2) is 8.34. The van der Waals surface area contributed by atoms with Crippen molar-refractivity contribution in [1.82, 2.24) is 0 Å². The van der Waals surface area contributed by atoms with E-state index in [0.29, 0.717) is 0 Å². The molecule has 0 saturated carbocycles. The zero-order valence-corrected chi connectivity index (χ0v) is 12.5. The smallest absolute Gasteiger partial charge is 0.0252 e. The van der Waals surface area contributed by atoms with Crippen molar-refractivity contribution in [2.24, 2.45) is 11.8 Å². The molecule has 0 spiro atoms. The van der Waals surface area contributed by atoms with E-state index in [1.807, 2.05) is 27.7 Å². The van der Waals surface area contributed by atoms with E-state index in [0.717, 1.165) is 12.8 Å². The second-order valence-electron chi connectivity index (χ2n) is 4.60. The first-order valence-electron chi connectivity index (χ1n) is 6.01. The van der Waals surface area contributed by atoms with Crippen LogP contribution in [-0.2, 0) is 22.2 Å². The Labute approximate surface area is 109 Å². The normalized spacial score (nSPS) is 22.5. The van der Waals surface area contributed by atoms with E-state index in [9.17, 15) is 17.5 Å². The predicted octanol–water partition coefficient (Wildman–Crippen LogP) is 1.96. The van der Waals surface area contributed by atoms with Gasteiger partial charge in [-0.1, -0.05) is 62.7 Å². The topological polar surface area (TPSA) is 80.3 Å². The summed E-state index contributed by atoms with van der Waals surface area (Å²) in [6.45, 7) is 7.53. The molecule has 6 heteroatoms. The standard InChI is InChI=1S/C11H24O4S2/c1-5-8(3)10(16(12)13)7-11(17(14)15)9(4)6-2/h8-11H,5-7H2,1-4H3,(H,12,13)(H,14,15)/p-2. The van der Waals surface area contributed by atoms with E-state index >= 15 is 0 Å². The van der Waals surface area contributed by atoms with Gasteiger partial charge in [-0.25, -0.2) is 0 Å². The molecular weight excluding hydrogens is 260 g/mol. The van der Waals surface area contributed by atoms with Crippen LogP contribution in [0.4, 0.5) is 0 Å². The lowest BCUT2D eigenvalue weighted by atomic mass is 9.95. The molecule has 6 atom stereocenters. The van der Waals surface area contributed by atoms with Gasteiger partial charge in [0.1, 0.15) is 0 Å². The van der Waals surface area contributed by atoms with Crippen LogP contribution >= 0.6 is 0 Å². The van der Waals surface area contributed by atoms with Crippen LogP contribution in [0.15, 0.2) is 0 Å². The van der Waals surface area contributed by atoms with Crippen LogP contribution in [0.25, 0.3) is 0 Å². The van der Waals surface area contributed by atoms with Crippen LogP contribution in [0.2, 0.25) is 0 Å². The molecule has 0 heterocycles.